The van der Waals surface area contributed by atoms with Gasteiger partial charge in [0.25, 0.3) is 0 Å². The van der Waals surface area contributed by atoms with Crippen molar-refractivity contribution in [2.45, 2.75) is 13.2 Å². The number of H-pyrrole nitrogens is 1. The summed E-state index contributed by atoms with van der Waals surface area (Å²) in [6, 6.07) is 23.5. The summed E-state index contributed by atoms with van der Waals surface area (Å²) in [5, 5.41) is 0. The number of aromatic nitrogens is 2. The minimum atomic E-state index is -0.760. The highest BCUT2D eigenvalue weighted by Crippen LogP contribution is 2.24. The molecule has 0 aliphatic rings. The molecular formula is C22H17BrN2O4. The predicted octanol–water partition coefficient (Wildman–Crippen LogP) is 4.19. The molecule has 0 saturated carbocycles. The Hall–Kier alpha value is -3.32. The maximum Gasteiger partial charge on any atom is 0.440 e. The van der Waals surface area contributed by atoms with Crippen molar-refractivity contribution in [3.05, 3.63) is 109 Å². The smallest absolute Gasteiger partial charge is 0.440 e. The maximum absolute atomic E-state index is 11.6. The second-order valence-electron chi connectivity index (χ2n) is 6.49. The summed E-state index contributed by atoms with van der Waals surface area (Å²) in [4.78, 5) is 24.8. The molecule has 0 saturated heterocycles. The molecule has 6 nitrogen and oxygen atoms in total. The molecule has 1 aromatic heterocycles. The Labute approximate surface area is 174 Å². The van der Waals surface area contributed by atoms with Gasteiger partial charge in [-0.25, -0.2) is 14.6 Å². The maximum atomic E-state index is 11.6. The second kappa shape index (κ2) is 8.36. The number of benzene rings is 3. The number of hydrogen-bond donors (Lipinski definition) is 1. The lowest BCUT2D eigenvalue weighted by Crippen LogP contribution is -2.17. The van der Waals surface area contributed by atoms with Gasteiger partial charge < -0.3 is 9.26 Å². The summed E-state index contributed by atoms with van der Waals surface area (Å²) in [5.74, 6) is 0.0233. The summed E-state index contributed by atoms with van der Waals surface area (Å²) in [6.07, 6.45) is 0. The summed E-state index contributed by atoms with van der Waals surface area (Å²) in [7, 11) is 0. The molecule has 1 heterocycles. The lowest BCUT2D eigenvalue weighted by atomic mass is 10.0. The summed E-state index contributed by atoms with van der Waals surface area (Å²) < 4.78 is 12.7. The molecule has 4 aromatic rings. The molecule has 0 radical (unpaired) electrons. The van der Waals surface area contributed by atoms with Crippen LogP contribution in [-0.2, 0) is 13.2 Å². The lowest BCUT2D eigenvalue weighted by Gasteiger charge is -2.09. The Bertz CT molecular complexity index is 1240. The van der Waals surface area contributed by atoms with Gasteiger partial charge in [0.15, 0.2) is 0 Å². The Morgan fingerprint density at radius 3 is 2.38 bits per heavy atom. The third-order valence-corrected chi connectivity index (χ3v) is 4.86. The summed E-state index contributed by atoms with van der Waals surface area (Å²) in [5.41, 5.74) is 3.38. The Morgan fingerprint density at radius 2 is 1.66 bits per heavy atom. The molecule has 0 unspecified atom stereocenters. The van der Waals surface area contributed by atoms with Crippen LogP contribution in [0.5, 0.6) is 5.75 Å². The lowest BCUT2D eigenvalue weighted by molar-refractivity contribution is 0.258. The van der Waals surface area contributed by atoms with Gasteiger partial charge in [-0.1, -0.05) is 58.4 Å². The normalized spacial score (nSPS) is 10.8. The number of rotatable bonds is 6. The van der Waals surface area contributed by atoms with Gasteiger partial charge >= 0.3 is 11.4 Å². The van der Waals surface area contributed by atoms with Crippen LogP contribution in [0.15, 0.2) is 91.4 Å². The van der Waals surface area contributed by atoms with E-state index in [0.717, 1.165) is 37.2 Å². The van der Waals surface area contributed by atoms with Crippen LogP contribution in [0.3, 0.4) is 0 Å². The predicted molar refractivity (Wildman–Crippen MR) is 113 cm³/mol. The Balaban J connectivity index is 1.46. The SMILES string of the molecule is O=c1[nH]c(=O)n(Cc2cccc(-c3ccc(OCc4cccc(Br)c4)cc3)c2)o1. The molecule has 7 heteroatoms. The van der Waals surface area contributed by atoms with E-state index in [1.807, 2.05) is 72.8 Å². The topological polar surface area (TPSA) is 77.2 Å². The van der Waals surface area contributed by atoms with Gasteiger partial charge in [0.1, 0.15) is 12.4 Å². The highest BCUT2D eigenvalue weighted by molar-refractivity contribution is 9.10. The number of nitrogens with zero attached hydrogens (tertiary/aromatic N) is 1. The first-order valence-corrected chi connectivity index (χ1v) is 9.73. The monoisotopic (exact) mass is 452 g/mol. The van der Waals surface area contributed by atoms with Crippen molar-refractivity contribution < 1.29 is 9.26 Å². The van der Waals surface area contributed by atoms with Gasteiger partial charge in [0, 0.05) is 4.47 Å². The van der Waals surface area contributed by atoms with E-state index in [-0.39, 0.29) is 6.54 Å². The van der Waals surface area contributed by atoms with Crippen LogP contribution >= 0.6 is 15.9 Å². The van der Waals surface area contributed by atoms with Crippen LogP contribution in [0.2, 0.25) is 0 Å². The van der Waals surface area contributed by atoms with E-state index in [0.29, 0.717) is 6.61 Å². The summed E-state index contributed by atoms with van der Waals surface area (Å²) >= 11 is 3.46. The molecular weight excluding hydrogens is 436 g/mol. The first-order valence-electron chi connectivity index (χ1n) is 8.94. The van der Waals surface area contributed by atoms with Crippen molar-refractivity contribution in [2.24, 2.45) is 0 Å². The van der Waals surface area contributed by atoms with Gasteiger partial charge in [-0.05, 0) is 52.6 Å². The average molecular weight is 453 g/mol. The first kappa shape index (κ1) is 19.0. The zero-order valence-corrected chi connectivity index (χ0v) is 16.9. The molecule has 0 spiro atoms. The number of halogens is 1. The van der Waals surface area contributed by atoms with Gasteiger partial charge in [-0.3, -0.25) is 0 Å². The van der Waals surface area contributed by atoms with Crippen molar-refractivity contribution in [2.75, 3.05) is 0 Å². The van der Waals surface area contributed by atoms with E-state index in [4.69, 9.17) is 9.26 Å². The van der Waals surface area contributed by atoms with Gasteiger partial charge in [-0.15, -0.1) is 4.74 Å². The summed E-state index contributed by atoms with van der Waals surface area (Å²) in [6.45, 7) is 0.671. The standard InChI is InChI=1S/C22H17BrN2O4/c23-19-6-2-4-16(12-19)14-28-20-9-7-17(8-10-20)18-5-1-3-15(11-18)13-25-21(26)24-22(27)29-25/h1-12H,13-14H2,(H,24,26,27). The highest BCUT2D eigenvalue weighted by atomic mass is 79.9. The fraction of sp³-hybridized carbons (Fsp3) is 0.0909. The first-order chi connectivity index (χ1) is 14.1. The Morgan fingerprint density at radius 1 is 0.897 bits per heavy atom. The van der Waals surface area contributed by atoms with Gasteiger partial charge in [0.2, 0.25) is 0 Å². The third-order valence-electron chi connectivity index (χ3n) is 4.36. The molecule has 1 N–H and O–H groups in total. The third kappa shape index (κ3) is 4.75. The zero-order valence-electron chi connectivity index (χ0n) is 15.3. The minimum Gasteiger partial charge on any atom is -0.489 e. The van der Waals surface area contributed by atoms with Crippen LogP contribution in [-0.4, -0.2) is 9.72 Å². The molecule has 146 valence electrons. The molecule has 3 aromatic carbocycles. The highest BCUT2D eigenvalue weighted by Gasteiger charge is 2.06. The zero-order chi connectivity index (χ0) is 20.2. The van der Waals surface area contributed by atoms with E-state index in [2.05, 4.69) is 20.9 Å². The van der Waals surface area contributed by atoms with Crippen molar-refractivity contribution in [3.8, 4) is 16.9 Å². The molecule has 0 atom stereocenters. The Kier molecular flexibility index (Phi) is 5.48. The van der Waals surface area contributed by atoms with Crippen molar-refractivity contribution in [1.29, 1.82) is 0 Å². The van der Waals surface area contributed by atoms with E-state index < -0.39 is 11.4 Å². The average Bonchev–Trinajstić information content (AvgIpc) is 3.04. The van der Waals surface area contributed by atoms with Gasteiger partial charge in [-0.2, -0.15) is 0 Å². The van der Waals surface area contributed by atoms with E-state index >= 15 is 0 Å². The molecule has 0 amide bonds. The van der Waals surface area contributed by atoms with Crippen LogP contribution in [0.25, 0.3) is 11.1 Å². The second-order valence-corrected chi connectivity index (χ2v) is 7.40. The van der Waals surface area contributed by atoms with Crippen molar-refractivity contribution in [3.63, 3.8) is 0 Å². The van der Waals surface area contributed by atoms with Crippen LogP contribution in [0, 0.1) is 0 Å². The van der Waals surface area contributed by atoms with E-state index in [1.54, 1.807) is 0 Å². The fourth-order valence-corrected chi connectivity index (χ4v) is 3.42. The minimum absolute atomic E-state index is 0.180. The number of aromatic amines is 1. The molecule has 29 heavy (non-hydrogen) atoms. The van der Waals surface area contributed by atoms with Crippen LogP contribution in [0.4, 0.5) is 0 Å². The van der Waals surface area contributed by atoms with Crippen LogP contribution < -0.4 is 16.2 Å². The fourth-order valence-electron chi connectivity index (χ4n) is 2.97. The number of nitrogens with one attached hydrogen (secondary N) is 1. The van der Waals surface area contributed by atoms with E-state index in [1.165, 1.54) is 0 Å². The molecule has 0 bridgehead atoms. The van der Waals surface area contributed by atoms with Crippen molar-refractivity contribution >= 4 is 15.9 Å². The number of ether oxygens (including phenoxy) is 1. The van der Waals surface area contributed by atoms with Gasteiger partial charge in [0.05, 0.1) is 6.54 Å². The molecule has 0 fully saturated rings. The van der Waals surface area contributed by atoms with E-state index in [9.17, 15) is 9.59 Å². The van der Waals surface area contributed by atoms with Crippen LogP contribution in [0.1, 0.15) is 11.1 Å². The molecule has 4 rings (SSSR count). The molecule has 0 aliphatic heterocycles. The molecule has 0 aliphatic carbocycles. The quantitative estimate of drug-likeness (QED) is 0.475. The largest absolute Gasteiger partial charge is 0.489 e. The number of hydrogen-bond acceptors (Lipinski definition) is 4. The van der Waals surface area contributed by atoms with Crippen molar-refractivity contribution in [1.82, 2.24) is 9.72 Å².